The van der Waals surface area contributed by atoms with Gasteiger partial charge < -0.3 is 9.15 Å². The molecule has 0 amide bonds. The Labute approximate surface area is 188 Å². The minimum Gasteiger partial charge on any atom is -0.463 e. The van der Waals surface area contributed by atoms with Gasteiger partial charge in [0.25, 0.3) is 0 Å². The molecule has 0 aliphatic carbocycles. The monoisotopic (exact) mass is 536 g/mol. The first-order valence-electron chi connectivity index (χ1n) is 9.97. The maximum atomic E-state index is 11.9. The van der Waals surface area contributed by atoms with Gasteiger partial charge in [0.15, 0.2) is 0 Å². The molecular formula is C23H29IO3Si2. The number of carbonyl (C=O) groups is 1. The van der Waals surface area contributed by atoms with Crippen molar-refractivity contribution in [2.45, 2.75) is 46.2 Å². The lowest BCUT2D eigenvalue weighted by Gasteiger charge is -2.18. The summed E-state index contributed by atoms with van der Waals surface area (Å²) in [6, 6.07) is 9.07. The predicted molar refractivity (Wildman–Crippen MR) is 138 cm³/mol. The minimum atomic E-state index is -1.56. The van der Waals surface area contributed by atoms with E-state index in [0.717, 1.165) is 25.7 Å². The van der Waals surface area contributed by atoms with E-state index in [1.54, 1.807) is 0 Å². The Morgan fingerprint density at radius 3 is 2.07 bits per heavy atom. The maximum absolute atomic E-state index is 11.9. The van der Waals surface area contributed by atoms with Crippen molar-refractivity contribution in [3.63, 3.8) is 0 Å². The van der Waals surface area contributed by atoms with Crippen molar-refractivity contribution in [3.05, 3.63) is 39.5 Å². The van der Waals surface area contributed by atoms with Gasteiger partial charge in [-0.1, -0.05) is 67.9 Å². The third kappa shape index (κ3) is 4.69. The third-order valence-corrected chi connectivity index (χ3v) is 9.92. The quantitative estimate of drug-likeness (QED) is 0.178. The van der Waals surface area contributed by atoms with Gasteiger partial charge in [0.1, 0.15) is 11.2 Å². The SMILES string of the molecule is CCOC(=O)/C=C/c1cc([Si](C)(C)C)cc2c1oc1c(I)cc([Si](C)(C)C)cc12. The molecule has 0 aliphatic heterocycles. The molecular weight excluding hydrogens is 507 g/mol. The molecule has 3 rings (SSSR count). The second-order valence-electron chi connectivity index (χ2n) is 9.46. The molecule has 2 aromatic carbocycles. The van der Waals surface area contributed by atoms with Gasteiger partial charge in [-0.3, -0.25) is 0 Å². The van der Waals surface area contributed by atoms with E-state index in [1.807, 2.05) is 13.0 Å². The number of halogens is 1. The van der Waals surface area contributed by atoms with E-state index in [0.29, 0.717) is 6.61 Å². The summed E-state index contributed by atoms with van der Waals surface area (Å²) in [6.07, 6.45) is 3.33. The highest BCUT2D eigenvalue weighted by atomic mass is 127. The van der Waals surface area contributed by atoms with Crippen LogP contribution < -0.4 is 10.4 Å². The Morgan fingerprint density at radius 2 is 1.52 bits per heavy atom. The van der Waals surface area contributed by atoms with Crippen LogP contribution in [0.4, 0.5) is 0 Å². The Hall–Kier alpha value is -1.39. The van der Waals surface area contributed by atoms with Crippen molar-refractivity contribution in [1.82, 2.24) is 0 Å². The largest absolute Gasteiger partial charge is 0.463 e. The molecule has 0 N–H and O–H groups in total. The fourth-order valence-corrected chi connectivity index (χ4v) is 6.65. The highest BCUT2D eigenvalue weighted by Gasteiger charge is 2.23. The lowest BCUT2D eigenvalue weighted by Crippen LogP contribution is -2.38. The van der Waals surface area contributed by atoms with E-state index in [1.165, 1.54) is 21.8 Å². The molecule has 0 spiro atoms. The maximum Gasteiger partial charge on any atom is 0.330 e. The number of esters is 1. The number of carbonyl (C=O) groups excluding carboxylic acids is 1. The molecule has 6 heteroatoms. The highest BCUT2D eigenvalue weighted by molar-refractivity contribution is 14.1. The van der Waals surface area contributed by atoms with Crippen molar-refractivity contribution in [2.75, 3.05) is 6.61 Å². The predicted octanol–water partition coefficient (Wildman–Crippen LogP) is 5.86. The smallest absolute Gasteiger partial charge is 0.330 e. The van der Waals surface area contributed by atoms with Gasteiger partial charge in [0, 0.05) is 22.4 Å². The lowest BCUT2D eigenvalue weighted by molar-refractivity contribution is -0.137. The summed E-state index contributed by atoms with van der Waals surface area (Å²) in [5.41, 5.74) is 2.71. The number of rotatable bonds is 5. The molecule has 0 fully saturated rings. The molecule has 0 saturated heterocycles. The zero-order valence-corrected chi connectivity index (χ0v) is 22.4. The molecule has 0 atom stereocenters. The van der Waals surface area contributed by atoms with Gasteiger partial charge in [-0.05, 0) is 41.7 Å². The number of ether oxygens (including phenoxy) is 1. The Morgan fingerprint density at radius 1 is 0.966 bits per heavy atom. The summed E-state index contributed by atoms with van der Waals surface area (Å²) in [7, 11) is -3.02. The molecule has 0 unspecified atom stereocenters. The molecule has 3 nitrogen and oxygen atoms in total. The molecule has 154 valence electrons. The Balaban J connectivity index is 2.34. The highest BCUT2D eigenvalue weighted by Crippen LogP contribution is 2.34. The van der Waals surface area contributed by atoms with Crippen LogP contribution in [0.2, 0.25) is 39.3 Å². The first kappa shape index (κ1) is 22.3. The zero-order valence-electron chi connectivity index (χ0n) is 18.3. The molecule has 1 aromatic heterocycles. The van der Waals surface area contributed by atoms with Crippen LogP contribution in [0.25, 0.3) is 28.0 Å². The van der Waals surface area contributed by atoms with E-state index in [9.17, 15) is 4.79 Å². The summed E-state index contributed by atoms with van der Waals surface area (Å²) in [5, 5.41) is 5.10. The Bertz CT molecular complexity index is 1120. The van der Waals surface area contributed by atoms with Crippen LogP contribution in [0.5, 0.6) is 0 Å². The zero-order chi connectivity index (χ0) is 21.6. The molecule has 1 heterocycles. The van der Waals surface area contributed by atoms with E-state index in [-0.39, 0.29) is 5.97 Å². The van der Waals surface area contributed by atoms with Crippen molar-refractivity contribution in [3.8, 4) is 0 Å². The van der Waals surface area contributed by atoms with Crippen LogP contribution in [0, 0.1) is 3.57 Å². The normalized spacial score (nSPS) is 13.0. The summed E-state index contributed by atoms with van der Waals surface area (Å²) in [5.74, 6) is -0.328. The van der Waals surface area contributed by atoms with Crippen molar-refractivity contribution < 1.29 is 13.9 Å². The number of benzene rings is 2. The first-order chi connectivity index (χ1) is 13.4. The van der Waals surface area contributed by atoms with Gasteiger partial charge in [-0.25, -0.2) is 4.79 Å². The standard InChI is InChI=1S/C23H29IO3Si2/c1-8-26-21(25)10-9-15-11-16(28(2,3)4)12-18-19-13-17(29(5,6)7)14-20(24)23(19)27-22(15)18/h9-14H,8H2,1-7H3/b10-9+. The molecule has 0 radical (unpaired) electrons. The number of fused-ring (bicyclic) bond motifs is 3. The van der Waals surface area contributed by atoms with Crippen molar-refractivity contribution in [1.29, 1.82) is 0 Å². The number of furan rings is 1. The summed E-state index contributed by atoms with van der Waals surface area (Å²) < 4.78 is 12.6. The van der Waals surface area contributed by atoms with Gasteiger partial charge in [0.2, 0.25) is 0 Å². The van der Waals surface area contributed by atoms with Crippen LogP contribution in [0.15, 0.2) is 34.8 Å². The topological polar surface area (TPSA) is 39.4 Å². The van der Waals surface area contributed by atoms with Crippen LogP contribution in [0.1, 0.15) is 12.5 Å². The molecule has 0 aliphatic rings. The van der Waals surface area contributed by atoms with Crippen molar-refractivity contribution in [2.24, 2.45) is 0 Å². The van der Waals surface area contributed by atoms with Crippen LogP contribution in [0.3, 0.4) is 0 Å². The Kier molecular flexibility index (Phi) is 6.18. The summed E-state index contributed by atoms with van der Waals surface area (Å²) >= 11 is 2.38. The average molecular weight is 537 g/mol. The first-order valence-corrected chi connectivity index (χ1v) is 18.1. The average Bonchev–Trinajstić information content (AvgIpc) is 2.98. The van der Waals surface area contributed by atoms with E-state index >= 15 is 0 Å². The second-order valence-corrected chi connectivity index (χ2v) is 20.8. The minimum absolute atomic E-state index is 0.328. The van der Waals surface area contributed by atoms with Gasteiger partial charge in [-0.15, -0.1) is 0 Å². The molecule has 29 heavy (non-hydrogen) atoms. The fraction of sp³-hybridized carbons (Fsp3) is 0.348. The number of hydrogen-bond donors (Lipinski definition) is 0. The van der Waals surface area contributed by atoms with Crippen LogP contribution >= 0.6 is 22.6 Å². The molecule has 0 saturated carbocycles. The number of hydrogen-bond acceptors (Lipinski definition) is 3. The summed E-state index contributed by atoms with van der Waals surface area (Å²) in [6.45, 7) is 16.3. The van der Waals surface area contributed by atoms with Gasteiger partial charge in [0.05, 0.1) is 26.3 Å². The summed E-state index contributed by atoms with van der Waals surface area (Å²) in [4.78, 5) is 11.9. The van der Waals surface area contributed by atoms with Crippen LogP contribution in [-0.2, 0) is 9.53 Å². The fourth-order valence-electron chi connectivity index (χ4n) is 3.30. The van der Waals surface area contributed by atoms with Crippen molar-refractivity contribution >= 4 is 83.1 Å². The molecule has 0 bridgehead atoms. The molecule has 3 aromatic rings. The third-order valence-electron chi connectivity index (χ3n) is 5.07. The van der Waals surface area contributed by atoms with Gasteiger partial charge >= 0.3 is 5.97 Å². The van der Waals surface area contributed by atoms with E-state index in [2.05, 4.69) is 86.1 Å². The van der Waals surface area contributed by atoms with E-state index in [4.69, 9.17) is 9.15 Å². The lowest BCUT2D eigenvalue weighted by atomic mass is 10.1. The van der Waals surface area contributed by atoms with Crippen LogP contribution in [-0.4, -0.2) is 28.7 Å². The van der Waals surface area contributed by atoms with E-state index < -0.39 is 16.1 Å². The van der Waals surface area contributed by atoms with Gasteiger partial charge in [-0.2, -0.15) is 0 Å². The second kappa shape index (κ2) is 8.04.